The lowest BCUT2D eigenvalue weighted by Crippen LogP contribution is -2.48. The minimum Gasteiger partial charge on any atom is -0.453 e. The Labute approximate surface area is 124 Å². The lowest BCUT2D eigenvalue weighted by Gasteiger charge is -2.33. The molecule has 1 saturated heterocycles. The van der Waals surface area contributed by atoms with E-state index in [9.17, 15) is 4.79 Å². The largest absolute Gasteiger partial charge is 0.453 e. The molecule has 1 aromatic rings. The molecule has 1 fully saturated rings. The number of methoxy groups -OCH3 is 1. The second kappa shape index (κ2) is 7.59. The molecule has 6 heteroatoms. The number of piperazine rings is 1. The third-order valence-electron chi connectivity index (χ3n) is 3.53. The second-order valence-electron chi connectivity index (χ2n) is 5.07. The molecule has 0 aliphatic carbocycles. The predicted molar refractivity (Wildman–Crippen MR) is 80.0 cm³/mol. The van der Waals surface area contributed by atoms with Crippen LogP contribution in [0.25, 0.3) is 0 Å². The van der Waals surface area contributed by atoms with E-state index in [0.29, 0.717) is 0 Å². The minimum atomic E-state index is -0.222. The summed E-state index contributed by atoms with van der Waals surface area (Å²) in [4.78, 5) is 20.2. The molecule has 5 nitrogen and oxygen atoms in total. The highest BCUT2D eigenvalue weighted by atomic mass is 32.1. The monoisotopic (exact) mass is 297 g/mol. The Morgan fingerprint density at radius 2 is 2.15 bits per heavy atom. The van der Waals surface area contributed by atoms with E-state index in [1.54, 1.807) is 16.2 Å². The van der Waals surface area contributed by atoms with E-state index in [1.807, 2.05) is 0 Å². The summed E-state index contributed by atoms with van der Waals surface area (Å²) < 4.78 is 4.74. The van der Waals surface area contributed by atoms with Crippen molar-refractivity contribution < 1.29 is 9.53 Å². The van der Waals surface area contributed by atoms with E-state index in [1.165, 1.54) is 25.0 Å². The van der Waals surface area contributed by atoms with Crippen LogP contribution in [0.5, 0.6) is 0 Å². The number of unbranched alkanes of at least 4 members (excludes halogenated alkanes) is 1. The maximum Gasteiger partial charge on any atom is 0.409 e. The van der Waals surface area contributed by atoms with Gasteiger partial charge < -0.3 is 9.64 Å². The quantitative estimate of drug-likeness (QED) is 0.837. The number of ether oxygens (including phenoxy) is 1. The van der Waals surface area contributed by atoms with Crippen LogP contribution in [0.4, 0.5) is 4.79 Å². The van der Waals surface area contributed by atoms with E-state index in [4.69, 9.17) is 4.74 Å². The molecule has 2 rings (SSSR count). The molecule has 1 aliphatic heterocycles. The number of carbonyl (C=O) groups excluding carboxylic acids is 1. The lowest BCUT2D eigenvalue weighted by molar-refractivity contribution is 0.0885. The maximum absolute atomic E-state index is 11.4. The fraction of sp³-hybridized carbons (Fsp3) is 0.714. The average molecular weight is 297 g/mol. The van der Waals surface area contributed by atoms with E-state index in [0.717, 1.165) is 44.8 Å². The molecule has 0 bridgehead atoms. The maximum atomic E-state index is 11.4. The van der Waals surface area contributed by atoms with Gasteiger partial charge in [0.05, 0.1) is 17.8 Å². The Kier molecular flexibility index (Phi) is 5.79. The first kappa shape index (κ1) is 15.3. The van der Waals surface area contributed by atoms with Gasteiger partial charge in [-0.15, -0.1) is 11.3 Å². The number of amides is 1. The average Bonchev–Trinajstić information content (AvgIpc) is 2.92. The number of thiazole rings is 1. The summed E-state index contributed by atoms with van der Waals surface area (Å²) in [6, 6.07) is 0. The van der Waals surface area contributed by atoms with Crippen molar-refractivity contribution in [3.05, 3.63) is 16.1 Å². The van der Waals surface area contributed by atoms with E-state index < -0.39 is 0 Å². The molecule has 1 aromatic heterocycles. The molecule has 112 valence electrons. The molecule has 0 unspecified atom stereocenters. The van der Waals surface area contributed by atoms with Crippen LogP contribution >= 0.6 is 11.3 Å². The zero-order chi connectivity index (χ0) is 14.4. The first-order chi connectivity index (χ1) is 9.72. The van der Waals surface area contributed by atoms with Crippen molar-refractivity contribution in [2.24, 2.45) is 0 Å². The zero-order valence-electron chi connectivity index (χ0n) is 12.3. The molecular formula is C14H23N3O2S. The van der Waals surface area contributed by atoms with Gasteiger partial charge in [0.2, 0.25) is 0 Å². The number of nitrogens with zero attached hydrogens (tertiary/aromatic N) is 3. The van der Waals surface area contributed by atoms with Gasteiger partial charge in [-0.25, -0.2) is 9.78 Å². The summed E-state index contributed by atoms with van der Waals surface area (Å²) in [5.41, 5.74) is 1.16. The summed E-state index contributed by atoms with van der Waals surface area (Å²) in [6.07, 6.45) is 3.30. The number of hydrogen-bond donors (Lipinski definition) is 0. The fourth-order valence-electron chi connectivity index (χ4n) is 2.31. The first-order valence-corrected chi connectivity index (χ1v) is 8.09. The van der Waals surface area contributed by atoms with Crippen LogP contribution in [0.3, 0.4) is 0 Å². The van der Waals surface area contributed by atoms with Crippen molar-refractivity contribution in [1.29, 1.82) is 0 Å². The SMILES string of the molecule is CCCCc1nc(CN2CCN(C(=O)OC)CC2)cs1. The molecule has 0 radical (unpaired) electrons. The van der Waals surface area contributed by atoms with Crippen molar-refractivity contribution in [3.8, 4) is 0 Å². The van der Waals surface area contributed by atoms with Crippen LogP contribution in [0.15, 0.2) is 5.38 Å². The molecule has 2 heterocycles. The summed E-state index contributed by atoms with van der Waals surface area (Å²) in [5, 5.41) is 3.41. The van der Waals surface area contributed by atoms with Crippen LogP contribution in [0, 0.1) is 0 Å². The number of aryl methyl sites for hydroxylation is 1. The standard InChI is InChI=1S/C14H23N3O2S/c1-3-4-5-13-15-12(11-20-13)10-16-6-8-17(9-7-16)14(18)19-2/h11H,3-10H2,1-2H3. The molecule has 1 aliphatic rings. The Morgan fingerprint density at radius 3 is 2.80 bits per heavy atom. The Balaban J connectivity index is 1.77. The summed E-state index contributed by atoms with van der Waals surface area (Å²) in [5.74, 6) is 0. The van der Waals surface area contributed by atoms with Crippen molar-refractivity contribution in [1.82, 2.24) is 14.8 Å². The normalized spacial score (nSPS) is 16.4. The van der Waals surface area contributed by atoms with Gasteiger partial charge in [-0.1, -0.05) is 13.3 Å². The number of rotatable bonds is 5. The molecule has 0 spiro atoms. The van der Waals surface area contributed by atoms with Crippen molar-refractivity contribution in [3.63, 3.8) is 0 Å². The number of carbonyl (C=O) groups is 1. The molecule has 0 aromatic carbocycles. The van der Waals surface area contributed by atoms with Gasteiger partial charge in [0.25, 0.3) is 0 Å². The third-order valence-corrected chi connectivity index (χ3v) is 4.49. The van der Waals surface area contributed by atoms with Crippen molar-refractivity contribution >= 4 is 17.4 Å². The van der Waals surface area contributed by atoms with Crippen LogP contribution in [0.1, 0.15) is 30.5 Å². The highest BCUT2D eigenvalue weighted by molar-refractivity contribution is 7.09. The second-order valence-corrected chi connectivity index (χ2v) is 6.01. The molecule has 0 saturated carbocycles. The predicted octanol–water partition coefficient (Wildman–Crippen LogP) is 2.37. The summed E-state index contributed by atoms with van der Waals surface area (Å²) >= 11 is 1.76. The van der Waals surface area contributed by atoms with Crippen LogP contribution < -0.4 is 0 Å². The minimum absolute atomic E-state index is 0.222. The van der Waals surface area contributed by atoms with Gasteiger partial charge in [0.15, 0.2) is 0 Å². The van der Waals surface area contributed by atoms with Gasteiger partial charge in [-0.3, -0.25) is 4.90 Å². The van der Waals surface area contributed by atoms with Crippen molar-refractivity contribution in [2.45, 2.75) is 32.7 Å². The van der Waals surface area contributed by atoms with Crippen LogP contribution in [-0.2, 0) is 17.7 Å². The van der Waals surface area contributed by atoms with E-state index >= 15 is 0 Å². The first-order valence-electron chi connectivity index (χ1n) is 7.21. The summed E-state index contributed by atoms with van der Waals surface area (Å²) in [6.45, 7) is 6.33. The van der Waals surface area contributed by atoms with Gasteiger partial charge in [-0.05, 0) is 12.8 Å². The number of aromatic nitrogens is 1. The number of hydrogen-bond acceptors (Lipinski definition) is 5. The molecule has 20 heavy (non-hydrogen) atoms. The molecule has 0 N–H and O–H groups in total. The zero-order valence-corrected chi connectivity index (χ0v) is 13.1. The smallest absolute Gasteiger partial charge is 0.409 e. The third kappa shape index (κ3) is 4.18. The van der Waals surface area contributed by atoms with Gasteiger partial charge in [-0.2, -0.15) is 0 Å². The Bertz CT molecular complexity index is 428. The Morgan fingerprint density at radius 1 is 1.40 bits per heavy atom. The van der Waals surface area contributed by atoms with Crippen LogP contribution in [0.2, 0.25) is 0 Å². The lowest BCUT2D eigenvalue weighted by atomic mass is 10.2. The highest BCUT2D eigenvalue weighted by Crippen LogP contribution is 2.15. The molecule has 1 amide bonds. The van der Waals surface area contributed by atoms with E-state index in [-0.39, 0.29) is 6.09 Å². The van der Waals surface area contributed by atoms with E-state index in [2.05, 4.69) is 22.2 Å². The van der Waals surface area contributed by atoms with Gasteiger partial charge in [0, 0.05) is 38.1 Å². The highest BCUT2D eigenvalue weighted by Gasteiger charge is 2.21. The van der Waals surface area contributed by atoms with Gasteiger partial charge in [0.1, 0.15) is 0 Å². The van der Waals surface area contributed by atoms with Gasteiger partial charge >= 0.3 is 6.09 Å². The molecule has 0 atom stereocenters. The van der Waals surface area contributed by atoms with Crippen LogP contribution in [-0.4, -0.2) is 54.2 Å². The molecular weight excluding hydrogens is 274 g/mol. The summed E-state index contributed by atoms with van der Waals surface area (Å²) in [7, 11) is 1.43. The fourth-order valence-corrected chi connectivity index (χ4v) is 3.14. The topological polar surface area (TPSA) is 45.7 Å². The van der Waals surface area contributed by atoms with Crippen molar-refractivity contribution in [2.75, 3.05) is 33.3 Å². The Hall–Kier alpha value is -1.14.